The first-order valence-electron chi connectivity index (χ1n) is 6.21. The van der Waals surface area contributed by atoms with Gasteiger partial charge in [-0.1, -0.05) is 19.1 Å². The number of benzene rings is 1. The number of amides is 1. The lowest BCUT2D eigenvalue weighted by Crippen LogP contribution is -2.59. The number of hydrogen-bond acceptors (Lipinski definition) is 3. The molecule has 2 N–H and O–H groups in total. The van der Waals surface area contributed by atoms with Gasteiger partial charge in [-0.3, -0.25) is 4.79 Å². The number of carbonyl (C=O) groups excluding carboxylic acids is 1. The molecule has 0 saturated carbocycles. The van der Waals surface area contributed by atoms with Crippen LogP contribution in [-0.2, 0) is 11.2 Å². The standard InChI is InChI=1S/C13H17N3O/c1-2-9-4-3-5-10-12(9)16-7-6-14-8-11(16)13(17)15-10/h3-5,11,14H,2,6-8H2,1H3,(H,15,17). The van der Waals surface area contributed by atoms with E-state index in [1.807, 2.05) is 12.1 Å². The highest BCUT2D eigenvalue weighted by atomic mass is 16.2. The van der Waals surface area contributed by atoms with E-state index in [1.165, 1.54) is 11.3 Å². The lowest BCUT2D eigenvalue weighted by atomic mass is 10.0. The molecule has 90 valence electrons. The fraction of sp³-hybridized carbons (Fsp3) is 0.462. The van der Waals surface area contributed by atoms with Crippen molar-refractivity contribution in [2.24, 2.45) is 0 Å². The third kappa shape index (κ3) is 1.60. The number of piperazine rings is 1. The van der Waals surface area contributed by atoms with Gasteiger partial charge in [0.1, 0.15) is 6.04 Å². The second-order valence-electron chi connectivity index (χ2n) is 4.57. The van der Waals surface area contributed by atoms with Crippen LogP contribution >= 0.6 is 0 Å². The molecule has 0 radical (unpaired) electrons. The van der Waals surface area contributed by atoms with Gasteiger partial charge in [-0.15, -0.1) is 0 Å². The van der Waals surface area contributed by atoms with Gasteiger partial charge in [-0.05, 0) is 18.1 Å². The third-order valence-electron chi connectivity index (χ3n) is 3.59. The molecule has 2 aliphatic rings. The molecule has 1 amide bonds. The molecular formula is C13H17N3O. The first-order chi connectivity index (χ1) is 8.31. The van der Waals surface area contributed by atoms with E-state index < -0.39 is 0 Å². The molecule has 1 atom stereocenters. The maximum absolute atomic E-state index is 12.0. The van der Waals surface area contributed by atoms with Crippen LogP contribution in [0, 0.1) is 0 Å². The quantitative estimate of drug-likeness (QED) is 0.757. The van der Waals surface area contributed by atoms with Gasteiger partial charge in [-0.2, -0.15) is 0 Å². The number of rotatable bonds is 1. The molecule has 0 bridgehead atoms. The normalized spacial score (nSPS) is 22.8. The Balaban J connectivity index is 2.10. The SMILES string of the molecule is CCc1cccc2c1N1CCNCC1C(=O)N2. The number of anilines is 2. The van der Waals surface area contributed by atoms with Crippen molar-refractivity contribution < 1.29 is 4.79 Å². The Kier molecular flexibility index (Phi) is 2.52. The van der Waals surface area contributed by atoms with Crippen LogP contribution in [0.3, 0.4) is 0 Å². The predicted molar refractivity (Wildman–Crippen MR) is 68.5 cm³/mol. The van der Waals surface area contributed by atoms with Crippen molar-refractivity contribution in [3.05, 3.63) is 23.8 Å². The van der Waals surface area contributed by atoms with Gasteiger partial charge in [0.05, 0.1) is 11.4 Å². The van der Waals surface area contributed by atoms with Crippen LogP contribution in [0.25, 0.3) is 0 Å². The van der Waals surface area contributed by atoms with Crippen molar-refractivity contribution in [1.29, 1.82) is 0 Å². The fourth-order valence-corrected chi connectivity index (χ4v) is 2.74. The fourth-order valence-electron chi connectivity index (χ4n) is 2.74. The van der Waals surface area contributed by atoms with Gasteiger partial charge in [-0.25, -0.2) is 0 Å². The minimum atomic E-state index is -0.0519. The van der Waals surface area contributed by atoms with Gasteiger partial charge < -0.3 is 15.5 Å². The number of nitrogens with one attached hydrogen (secondary N) is 2. The van der Waals surface area contributed by atoms with Gasteiger partial charge in [0, 0.05) is 19.6 Å². The number of hydrogen-bond donors (Lipinski definition) is 2. The summed E-state index contributed by atoms with van der Waals surface area (Å²) in [5.41, 5.74) is 3.50. The van der Waals surface area contributed by atoms with Crippen molar-refractivity contribution in [3.8, 4) is 0 Å². The summed E-state index contributed by atoms with van der Waals surface area (Å²) in [4.78, 5) is 14.3. The van der Waals surface area contributed by atoms with Crippen LogP contribution < -0.4 is 15.5 Å². The Morgan fingerprint density at radius 1 is 1.47 bits per heavy atom. The van der Waals surface area contributed by atoms with E-state index in [-0.39, 0.29) is 11.9 Å². The van der Waals surface area contributed by atoms with Gasteiger partial charge in [0.25, 0.3) is 0 Å². The second kappa shape index (κ2) is 4.04. The van der Waals surface area contributed by atoms with Gasteiger partial charge in [0.2, 0.25) is 5.91 Å². The molecule has 3 rings (SSSR count). The van der Waals surface area contributed by atoms with Crippen LogP contribution in [0.1, 0.15) is 12.5 Å². The summed E-state index contributed by atoms with van der Waals surface area (Å²) in [6.45, 7) is 4.75. The van der Waals surface area contributed by atoms with Crippen LogP contribution in [0.4, 0.5) is 11.4 Å². The zero-order chi connectivity index (χ0) is 11.8. The van der Waals surface area contributed by atoms with E-state index in [0.29, 0.717) is 0 Å². The summed E-state index contributed by atoms with van der Waals surface area (Å²) in [7, 11) is 0. The molecule has 4 heteroatoms. The third-order valence-corrected chi connectivity index (χ3v) is 3.59. The molecule has 4 nitrogen and oxygen atoms in total. The number of para-hydroxylation sites is 1. The molecule has 1 saturated heterocycles. The molecule has 1 aromatic carbocycles. The Bertz CT molecular complexity index is 458. The molecule has 1 aromatic rings. The van der Waals surface area contributed by atoms with Crippen molar-refractivity contribution in [2.45, 2.75) is 19.4 Å². The lowest BCUT2D eigenvalue weighted by Gasteiger charge is -2.42. The topological polar surface area (TPSA) is 44.4 Å². The average Bonchev–Trinajstić information content (AvgIpc) is 2.38. The summed E-state index contributed by atoms with van der Waals surface area (Å²) in [5.74, 6) is 0.109. The minimum absolute atomic E-state index is 0.0519. The number of carbonyl (C=O) groups is 1. The molecule has 0 aromatic heterocycles. The van der Waals surface area contributed by atoms with E-state index >= 15 is 0 Å². The highest BCUT2D eigenvalue weighted by molar-refractivity contribution is 6.04. The molecule has 17 heavy (non-hydrogen) atoms. The Morgan fingerprint density at radius 3 is 3.18 bits per heavy atom. The summed E-state index contributed by atoms with van der Waals surface area (Å²) >= 11 is 0. The highest BCUT2D eigenvalue weighted by Gasteiger charge is 2.35. The molecule has 2 heterocycles. The second-order valence-corrected chi connectivity index (χ2v) is 4.57. The zero-order valence-electron chi connectivity index (χ0n) is 9.99. The molecule has 0 aliphatic carbocycles. The Labute approximate surface area is 101 Å². The average molecular weight is 231 g/mol. The van der Waals surface area contributed by atoms with Crippen LogP contribution in [-0.4, -0.2) is 31.6 Å². The lowest BCUT2D eigenvalue weighted by molar-refractivity contribution is -0.117. The van der Waals surface area contributed by atoms with E-state index in [2.05, 4.69) is 28.5 Å². The largest absolute Gasteiger partial charge is 0.355 e. The van der Waals surface area contributed by atoms with Crippen molar-refractivity contribution in [3.63, 3.8) is 0 Å². The number of nitrogens with zero attached hydrogens (tertiary/aromatic N) is 1. The number of aryl methyl sites for hydroxylation is 1. The van der Waals surface area contributed by atoms with E-state index in [4.69, 9.17) is 0 Å². The highest BCUT2D eigenvalue weighted by Crippen LogP contribution is 2.36. The monoisotopic (exact) mass is 231 g/mol. The van der Waals surface area contributed by atoms with Crippen LogP contribution in [0.15, 0.2) is 18.2 Å². The Hall–Kier alpha value is -1.55. The maximum atomic E-state index is 12.0. The van der Waals surface area contributed by atoms with Crippen LogP contribution in [0.5, 0.6) is 0 Å². The molecule has 1 fully saturated rings. The first-order valence-corrected chi connectivity index (χ1v) is 6.21. The first kappa shape index (κ1) is 10.6. The van der Waals surface area contributed by atoms with Gasteiger partial charge in [0.15, 0.2) is 0 Å². The van der Waals surface area contributed by atoms with E-state index in [1.54, 1.807) is 0 Å². The molecule has 2 aliphatic heterocycles. The molecule has 1 unspecified atom stereocenters. The summed E-state index contributed by atoms with van der Waals surface area (Å²) < 4.78 is 0. The maximum Gasteiger partial charge on any atom is 0.248 e. The molecule has 0 spiro atoms. The van der Waals surface area contributed by atoms with Gasteiger partial charge >= 0.3 is 0 Å². The molecular weight excluding hydrogens is 214 g/mol. The van der Waals surface area contributed by atoms with E-state index in [9.17, 15) is 4.79 Å². The summed E-state index contributed by atoms with van der Waals surface area (Å²) in [6, 6.07) is 6.10. The van der Waals surface area contributed by atoms with Crippen LogP contribution in [0.2, 0.25) is 0 Å². The summed E-state index contributed by atoms with van der Waals surface area (Å²) in [5, 5.41) is 6.29. The number of fused-ring (bicyclic) bond motifs is 3. The summed E-state index contributed by atoms with van der Waals surface area (Å²) in [6.07, 6.45) is 0.996. The van der Waals surface area contributed by atoms with Crippen molar-refractivity contribution in [2.75, 3.05) is 29.9 Å². The van der Waals surface area contributed by atoms with E-state index in [0.717, 1.165) is 31.7 Å². The Morgan fingerprint density at radius 2 is 2.35 bits per heavy atom. The predicted octanol–water partition coefficient (Wildman–Crippen LogP) is 0.979. The van der Waals surface area contributed by atoms with Crippen molar-refractivity contribution in [1.82, 2.24) is 5.32 Å². The smallest absolute Gasteiger partial charge is 0.248 e. The zero-order valence-corrected chi connectivity index (χ0v) is 9.99. The van der Waals surface area contributed by atoms with Crippen molar-refractivity contribution >= 4 is 17.3 Å². The minimum Gasteiger partial charge on any atom is -0.355 e.